The van der Waals surface area contributed by atoms with E-state index < -0.39 is 5.97 Å². The van der Waals surface area contributed by atoms with Crippen LogP contribution < -0.4 is 0 Å². The molecule has 7 heteroatoms. The van der Waals surface area contributed by atoms with Crippen LogP contribution in [0.1, 0.15) is 10.5 Å². The molecule has 16 heavy (non-hydrogen) atoms. The molecule has 0 aliphatic rings. The van der Waals surface area contributed by atoms with Crippen LogP contribution in [-0.4, -0.2) is 26.1 Å². The van der Waals surface area contributed by atoms with E-state index in [9.17, 15) is 4.79 Å². The molecule has 1 aromatic heterocycles. The molecule has 0 fully saturated rings. The van der Waals surface area contributed by atoms with E-state index in [1.165, 1.54) is 10.9 Å². The van der Waals surface area contributed by atoms with Crippen LogP contribution in [0.5, 0.6) is 0 Å². The second-order valence-corrected chi connectivity index (χ2v) is 3.71. The highest BCUT2D eigenvalue weighted by molar-refractivity contribution is 6.43. The number of benzene rings is 1. The van der Waals surface area contributed by atoms with Crippen LogP contribution in [-0.2, 0) is 0 Å². The van der Waals surface area contributed by atoms with Crippen LogP contribution in [0.15, 0.2) is 24.4 Å². The molecule has 0 amide bonds. The Labute approximate surface area is 100 Å². The van der Waals surface area contributed by atoms with Gasteiger partial charge in [0.25, 0.3) is 0 Å². The Morgan fingerprint density at radius 2 is 2.12 bits per heavy atom. The van der Waals surface area contributed by atoms with Gasteiger partial charge in [0.1, 0.15) is 0 Å². The number of rotatable bonds is 2. The highest BCUT2D eigenvalue weighted by Gasteiger charge is 2.12. The van der Waals surface area contributed by atoms with E-state index in [0.717, 1.165) is 0 Å². The van der Waals surface area contributed by atoms with Crippen LogP contribution in [0.4, 0.5) is 0 Å². The molecule has 1 heterocycles. The summed E-state index contributed by atoms with van der Waals surface area (Å²) in [7, 11) is 0. The summed E-state index contributed by atoms with van der Waals surface area (Å²) in [5, 5.41) is 16.5. The predicted molar refractivity (Wildman–Crippen MR) is 58.3 cm³/mol. The average molecular weight is 258 g/mol. The molecule has 0 radical (unpaired) electrons. The fourth-order valence-electron chi connectivity index (χ4n) is 1.15. The lowest BCUT2D eigenvalue weighted by Crippen LogP contribution is -1.96. The first kappa shape index (κ1) is 10.9. The third-order valence-corrected chi connectivity index (χ3v) is 2.70. The molecular formula is C9H5Cl2N3O2. The van der Waals surface area contributed by atoms with Crippen molar-refractivity contribution in [1.82, 2.24) is 15.0 Å². The summed E-state index contributed by atoms with van der Waals surface area (Å²) in [5.74, 6) is -1.15. The van der Waals surface area contributed by atoms with Gasteiger partial charge in [-0.05, 0) is 12.1 Å². The van der Waals surface area contributed by atoms with Crippen LogP contribution in [0.2, 0.25) is 10.0 Å². The minimum Gasteiger partial charge on any atom is -0.476 e. The van der Waals surface area contributed by atoms with E-state index in [1.54, 1.807) is 18.2 Å². The Bertz CT molecular complexity index is 553. The molecule has 2 aromatic rings. The van der Waals surface area contributed by atoms with Crippen molar-refractivity contribution in [3.63, 3.8) is 0 Å². The fourth-order valence-corrected chi connectivity index (χ4v) is 1.53. The smallest absolute Gasteiger partial charge is 0.358 e. The summed E-state index contributed by atoms with van der Waals surface area (Å²) < 4.78 is 1.26. The monoisotopic (exact) mass is 257 g/mol. The van der Waals surface area contributed by atoms with Gasteiger partial charge in [-0.2, -0.15) is 0 Å². The summed E-state index contributed by atoms with van der Waals surface area (Å²) in [6.07, 6.45) is 1.26. The van der Waals surface area contributed by atoms with Crippen molar-refractivity contribution in [2.24, 2.45) is 0 Å². The maximum absolute atomic E-state index is 10.6. The first-order valence-electron chi connectivity index (χ1n) is 4.19. The van der Waals surface area contributed by atoms with E-state index in [2.05, 4.69) is 10.3 Å². The third-order valence-electron chi connectivity index (χ3n) is 1.89. The topological polar surface area (TPSA) is 68.0 Å². The number of hydrogen-bond acceptors (Lipinski definition) is 3. The molecule has 5 nitrogen and oxygen atoms in total. The third kappa shape index (κ3) is 1.87. The van der Waals surface area contributed by atoms with Gasteiger partial charge < -0.3 is 5.11 Å². The quantitative estimate of drug-likeness (QED) is 0.897. The van der Waals surface area contributed by atoms with Crippen molar-refractivity contribution in [2.45, 2.75) is 0 Å². The van der Waals surface area contributed by atoms with Gasteiger partial charge in [-0.3, -0.25) is 0 Å². The molecule has 82 valence electrons. The van der Waals surface area contributed by atoms with Crippen molar-refractivity contribution < 1.29 is 9.90 Å². The zero-order chi connectivity index (χ0) is 11.7. The Hall–Kier alpha value is -1.59. The first-order chi connectivity index (χ1) is 7.59. The number of nitrogens with zero attached hydrogens (tertiary/aromatic N) is 3. The molecule has 0 saturated heterocycles. The van der Waals surface area contributed by atoms with Gasteiger partial charge in [0, 0.05) is 0 Å². The number of hydrogen-bond donors (Lipinski definition) is 1. The highest BCUT2D eigenvalue weighted by Crippen LogP contribution is 2.27. The molecule has 2 rings (SSSR count). The normalized spacial score (nSPS) is 10.4. The number of aromatic carboxylic acids is 1. The Kier molecular flexibility index (Phi) is 2.80. The van der Waals surface area contributed by atoms with Gasteiger partial charge in [-0.15, -0.1) is 5.10 Å². The molecule has 1 aromatic carbocycles. The van der Waals surface area contributed by atoms with Gasteiger partial charge >= 0.3 is 5.97 Å². The first-order valence-corrected chi connectivity index (χ1v) is 4.95. The Balaban J connectivity index is 2.50. The molecule has 0 aliphatic heterocycles. The van der Waals surface area contributed by atoms with Gasteiger partial charge in [-0.25, -0.2) is 9.48 Å². The number of carboxylic acids is 1. The van der Waals surface area contributed by atoms with Gasteiger partial charge in [0.15, 0.2) is 5.69 Å². The highest BCUT2D eigenvalue weighted by atomic mass is 35.5. The van der Waals surface area contributed by atoms with Gasteiger partial charge in [0.05, 0.1) is 21.9 Å². The molecule has 0 saturated carbocycles. The summed E-state index contributed by atoms with van der Waals surface area (Å²) in [4.78, 5) is 10.6. The van der Waals surface area contributed by atoms with Gasteiger partial charge in [0.2, 0.25) is 0 Å². The van der Waals surface area contributed by atoms with Crippen molar-refractivity contribution in [1.29, 1.82) is 0 Å². The maximum Gasteiger partial charge on any atom is 0.358 e. The lowest BCUT2D eigenvalue weighted by atomic mass is 10.3. The largest absolute Gasteiger partial charge is 0.476 e. The van der Waals surface area contributed by atoms with Crippen LogP contribution >= 0.6 is 23.2 Å². The van der Waals surface area contributed by atoms with E-state index in [1.807, 2.05) is 0 Å². The molecule has 0 atom stereocenters. The summed E-state index contributed by atoms with van der Waals surface area (Å²) >= 11 is 11.8. The molecular weight excluding hydrogens is 253 g/mol. The van der Waals surface area contributed by atoms with Crippen LogP contribution in [0, 0.1) is 0 Å². The van der Waals surface area contributed by atoms with Crippen molar-refractivity contribution in [3.8, 4) is 5.69 Å². The predicted octanol–water partition coefficient (Wildman–Crippen LogP) is 2.27. The second-order valence-electron chi connectivity index (χ2n) is 2.93. The molecule has 0 aliphatic carbocycles. The van der Waals surface area contributed by atoms with Crippen molar-refractivity contribution in [2.75, 3.05) is 0 Å². The number of carbonyl (C=O) groups is 1. The summed E-state index contributed by atoms with van der Waals surface area (Å²) in [5.41, 5.74) is 0.324. The van der Waals surface area contributed by atoms with E-state index in [4.69, 9.17) is 28.3 Å². The Morgan fingerprint density at radius 3 is 2.75 bits per heavy atom. The van der Waals surface area contributed by atoms with Crippen molar-refractivity contribution >= 4 is 29.2 Å². The van der Waals surface area contributed by atoms with E-state index in [0.29, 0.717) is 15.7 Å². The lowest BCUT2D eigenvalue weighted by Gasteiger charge is -2.03. The minimum absolute atomic E-state index is 0.156. The maximum atomic E-state index is 10.6. The summed E-state index contributed by atoms with van der Waals surface area (Å²) in [6.45, 7) is 0. The zero-order valence-electron chi connectivity index (χ0n) is 7.76. The minimum atomic E-state index is -1.15. The van der Waals surface area contributed by atoms with Crippen molar-refractivity contribution in [3.05, 3.63) is 40.1 Å². The van der Waals surface area contributed by atoms with Crippen LogP contribution in [0.3, 0.4) is 0 Å². The SMILES string of the molecule is O=C(O)c1cn(-c2cccc(Cl)c2Cl)nn1. The average Bonchev–Trinajstić information content (AvgIpc) is 2.71. The summed E-state index contributed by atoms with van der Waals surface area (Å²) in [6, 6.07) is 4.97. The Morgan fingerprint density at radius 1 is 1.38 bits per heavy atom. The van der Waals surface area contributed by atoms with E-state index in [-0.39, 0.29) is 5.69 Å². The number of aromatic nitrogens is 3. The molecule has 1 N–H and O–H groups in total. The molecule has 0 spiro atoms. The lowest BCUT2D eigenvalue weighted by molar-refractivity contribution is 0.0690. The number of carboxylic acid groups (broad SMARTS) is 1. The molecule has 0 bridgehead atoms. The van der Waals surface area contributed by atoms with Crippen LogP contribution in [0.25, 0.3) is 5.69 Å². The standard InChI is InChI=1S/C9H5Cl2N3O2/c10-5-2-1-3-7(8(5)11)14-4-6(9(15)16)12-13-14/h1-4H,(H,15,16). The van der Waals surface area contributed by atoms with E-state index >= 15 is 0 Å². The fraction of sp³-hybridized carbons (Fsp3) is 0. The number of halogens is 2. The zero-order valence-corrected chi connectivity index (χ0v) is 9.27. The molecule has 0 unspecified atom stereocenters. The van der Waals surface area contributed by atoms with Gasteiger partial charge in [-0.1, -0.05) is 34.5 Å². The second kappa shape index (κ2) is 4.11.